The number of nitrogens with one attached hydrogen (secondary N) is 1. The summed E-state index contributed by atoms with van der Waals surface area (Å²) < 4.78 is 11.0. The van der Waals surface area contributed by atoms with Crippen LogP contribution in [0, 0.1) is 0 Å². The first-order valence-corrected chi connectivity index (χ1v) is 5.23. The number of hydrogen-bond donors (Lipinski definition) is 1. The van der Waals surface area contributed by atoms with Gasteiger partial charge >= 0.3 is 0 Å². The van der Waals surface area contributed by atoms with Crippen molar-refractivity contribution in [2.45, 2.75) is 13.3 Å². The van der Waals surface area contributed by atoms with E-state index in [4.69, 9.17) is 9.47 Å². The monoisotopic (exact) mass is 210 g/mol. The molecule has 1 aromatic heterocycles. The summed E-state index contributed by atoms with van der Waals surface area (Å²) in [6, 6.07) is 3.72. The van der Waals surface area contributed by atoms with Gasteiger partial charge in [-0.25, -0.2) is 4.98 Å². The molecule has 15 heavy (non-hydrogen) atoms. The number of likely N-dealkylation sites (N-methyl/N-ethyl adjacent to an activating group) is 1. The fourth-order valence-electron chi connectivity index (χ4n) is 1.06. The average Bonchev–Trinajstić information content (AvgIpc) is 2.28. The zero-order chi connectivity index (χ0) is 10.9. The maximum atomic E-state index is 5.51. The predicted octanol–water partition coefficient (Wildman–Crippen LogP) is 1.47. The number of aromatic nitrogens is 1. The minimum absolute atomic E-state index is 0.571. The lowest BCUT2D eigenvalue weighted by Crippen LogP contribution is -2.16. The molecule has 84 valence electrons. The highest BCUT2D eigenvalue weighted by molar-refractivity contribution is 5.32. The smallest absolute Gasteiger partial charge is 0.257 e. The summed E-state index contributed by atoms with van der Waals surface area (Å²) in [6.45, 7) is 4.14. The minimum atomic E-state index is 0.571. The van der Waals surface area contributed by atoms with Gasteiger partial charge in [-0.2, -0.15) is 0 Å². The van der Waals surface area contributed by atoms with Crippen molar-refractivity contribution in [3.8, 4) is 11.6 Å². The molecule has 0 bridgehead atoms. The standard InChI is InChI=1S/C11H18N2O2/c1-3-8-14-10-5-4-6-13-11(10)15-9-7-12-2/h4-6,12H,3,7-9H2,1-2H3. The number of hydrogen-bond acceptors (Lipinski definition) is 4. The Balaban J connectivity index is 2.52. The molecule has 0 amide bonds. The summed E-state index contributed by atoms with van der Waals surface area (Å²) in [5.74, 6) is 1.29. The normalized spacial score (nSPS) is 10.0. The molecule has 0 fully saturated rings. The highest BCUT2D eigenvalue weighted by Crippen LogP contribution is 2.23. The highest BCUT2D eigenvalue weighted by Gasteiger charge is 2.04. The van der Waals surface area contributed by atoms with Gasteiger partial charge in [0.1, 0.15) is 6.61 Å². The molecule has 0 aliphatic heterocycles. The van der Waals surface area contributed by atoms with Crippen LogP contribution < -0.4 is 14.8 Å². The van der Waals surface area contributed by atoms with E-state index in [0.717, 1.165) is 18.7 Å². The minimum Gasteiger partial charge on any atom is -0.488 e. The largest absolute Gasteiger partial charge is 0.488 e. The Morgan fingerprint density at radius 2 is 2.20 bits per heavy atom. The lowest BCUT2D eigenvalue weighted by Gasteiger charge is -2.10. The third kappa shape index (κ3) is 4.16. The second-order valence-corrected chi connectivity index (χ2v) is 3.11. The molecule has 0 radical (unpaired) electrons. The van der Waals surface area contributed by atoms with Gasteiger partial charge in [-0.15, -0.1) is 0 Å². The van der Waals surface area contributed by atoms with Crippen LogP contribution in [-0.2, 0) is 0 Å². The van der Waals surface area contributed by atoms with Crippen LogP contribution in [0.1, 0.15) is 13.3 Å². The van der Waals surface area contributed by atoms with Crippen molar-refractivity contribution in [3.05, 3.63) is 18.3 Å². The van der Waals surface area contributed by atoms with Crippen molar-refractivity contribution < 1.29 is 9.47 Å². The van der Waals surface area contributed by atoms with Crippen molar-refractivity contribution in [1.29, 1.82) is 0 Å². The van der Waals surface area contributed by atoms with E-state index >= 15 is 0 Å². The van der Waals surface area contributed by atoms with E-state index in [1.807, 2.05) is 19.2 Å². The van der Waals surface area contributed by atoms with Gasteiger partial charge in [-0.3, -0.25) is 0 Å². The summed E-state index contributed by atoms with van der Waals surface area (Å²) in [6.07, 6.45) is 2.68. The lowest BCUT2D eigenvalue weighted by atomic mass is 10.4. The zero-order valence-corrected chi connectivity index (χ0v) is 9.32. The van der Waals surface area contributed by atoms with Gasteiger partial charge in [0.05, 0.1) is 6.61 Å². The molecule has 0 aromatic carbocycles. The van der Waals surface area contributed by atoms with Gasteiger partial charge < -0.3 is 14.8 Å². The zero-order valence-electron chi connectivity index (χ0n) is 9.32. The third-order valence-corrected chi connectivity index (χ3v) is 1.79. The number of pyridine rings is 1. The van der Waals surface area contributed by atoms with Gasteiger partial charge in [-0.1, -0.05) is 6.92 Å². The van der Waals surface area contributed by atoms with Gasteiger partial charge in [0, 0.05) is 12.7 Å². The first-order valence-electron chi connectivity index (χ1n) is 5.23. The van der Waals surface area contributed by atoms with Crippen LogP contribution in [0.2, 0.25) is 0 Å². The summed E-state index contributed by atoms with van der Waals surface area (Å²) in [5, 5.41) is 3.01. The molecule has 1 heterocycles. The van der Waals surface area contributed by atoms with Gasteiger partial charge in [0.15, 0.2) is 5.75 Å². The van der Waals surface area contributed by atoms with Crippen LogP contribution in [-0.4, -0.2) is 31.8 Å². The molecule has 4 heteroatoms. The molecule has 1 aromatic rings. The Morgan fingerprint density at radius 3 is 2.93 bits per heavy atom. The van der Waals surface area contributed by atoms with Crippen molar-refractivity contribution in [2.75, 3.05) is 26.8 Å². The molecule has 1 rings (SSSR count). The van der Waals surface area contributed by atoms with E-state index < -0.39 is 0 Å². The van der Waals surface area contributed by atoms with Crippen LogP contribution in [0.3, 0.4) is 0 Å². The molecule has 4 nitrogen and oxygen atoms in total. The molecule has 0 saturated carbocycles. The molecule has 0 spiro atoms. The van der Waals surface area contributed by atoms with E-state index in [1.165, 1.54) is 0 Å². The molecular weight excluding hydrogens is 192 g/mol. The van der Waals surface area contributed by atoms with E-state index in [9.17, 15) is 0 Å². The van der Waals surface area contributed by atoms with E-state index in [-0.39, 0.29) is 0 Å². The second-order valence-electron chi connectivity index (χ2n) is 3.11. The van der Waals surface area contributed by atoms with Gasteiger partial charge in [0.25, 0.3) is 5.88 Å². The summed E-state index contributed by atoms with van der Waals surface area (Å²) in [5.41, 5.74) is 0. The highest BCUT2D eigenvalue weighted by atomic mass is 16.5. The fraction of sp³-hybridized carbons (Fsp3) is 0.545. The van der Waals surface area contributed by atoms with E-state index in [2.05, 4.69) is 17.2 Å². The molecule has 0 atom stereocenters. The molecule has 0 saturated heterocycles. The van der Waals surface area contributed by atoms with E-state index in [1.54, 1.807) is 6.20 Å². The summed E-state index contributed by atoms with van der Waals surface area (Å²) >= 11 is 0. The Hall–Kier alpha value is -1.29. The molecule has 0 aliphatic carbocycles. The van der Waals surface area contributed by atoms with Crippen molar-refractivity contribution in [2.24, 2.45) is 0 Å². The first-order chi connectivity index (χ1) is 7.38. The molecular formula is C11H18N2O2. The third-order valence-electron chi connectivity index (χ3n) is 1.79. The first kappa shape index (κ1) is 11.8. The van der Waals surface area contributed by atoms with Crippen LogP contribution in [0.5, 0.6) is 11.6 Å². The van der Waals surface area contributed by atoms with Crippen molar-refractivity contribution in [1.82, 2.24) is 10.3 Å². The van der Waals surface area contributed by atoms with Crippen LogP contribution >= 0.6 is 0 Å². The maximum Gasteiger partial charge on any atom is 0.257 e. The summed E-state index contributed by atoms with van der Waals surface area (Å²) in [4.78, 5) is 4.13. The Bertz CT molecular complexity index is 279. The number of nitrogens with zero attached hydrogens (tertiary/aromatic N) is 1. The quantitative estimate of drug-likeness (QED) is 0.692. The Labute approximate surface area is 90.6 Å². The second kappa shape index (κ2) is 7.06. The van der Waals surface area contributed by atoms with Crippen molar-refractivity contribution >= 4 is 0 Å². The molecule has 0 unspecified atom stereocenters. The topological polar surface area (TPSA) is 43.4 Å². The van der Waals surface area contributed by atoms with Gasteiger partial charge in [0.2, 0.25) is 0 Å². The van der Waals surface area contributed by atoms with Crippen LogP contribution in [0.25, 0.3) is 0 Å². The number of rotatable bonds is 7. The number of ether oxygens (including phenoxy) is 2. The van der Waals surface area contributed by atoms with Crippen molar-refractivity contribution in [3.63, 3.8) is 0 Å². The molecule has 0 aliphatic rings. The van der Waals surface area contributed by atoms with Crippen LogP contribution in [0.4, 0.5) is 0 Å². The SMILES string of the molecule is CCCOc1cccnc1OCCNC. The summed E-state index contributed by atoms with van der Waals surface area (Å²) in [7, 11) is 1.89. The van der Waals surface area contributed by atoms with Crippen LogP contribution in [0.15, 0.2) is 18.3 Å². The predicted molar refractivity (Wildman–Crippen MR) is 59.4 cm³/mol. The average molecular weight is 210 g/mol. The maximum absolute atomic E-state index is 5.51. The Kier molecular flexibility index (Phi) is 5.55. The molecule has 1 N–H and O–H groups in total. The van der Waals surface area contributed by atoms with Gasteiger partial charge in [-0.05, 0) is 25.6 Å². The van der Waals surface area contributed by atoms with E-state index in [0.29, 0.717) is 19.1 Å². The fourth-order valence-corrected chi connectivity index (χ4v) is 1.06. The lowest BCUT2D eigenvalue weighted by molar-refractivity contribution is 0.260. The Morgan fingerprint density at radius 1 is 1.33 bits per heavy atom.